The average Bonchev–Trinajstić information content (AvgIpc) is 2.98. The van der Waals surface area contributed by atoms with Gasteiger partial charge < -0.3 is 10.6 Å². The van der Waals surface area contributed by atoms with Gasteiger partial charge in [0.15, 0.2) is 0 Å². The lowest BCUT2D eigenvalue weighted by molar-refractivity contribution is -0.122. The van der Waals surface area contributed by atoms with Crippen molar-refractivity contribution in [1.82, 2.24) is 10.6 Å². The van der Waals surface area contributed by atoms with E-state index >= 15 is 0 Å². The first kappa shape index (κ1) is 16.0. The van der Waals surface area contributed by atoms with Crippen molar-refractivity contribution in [2.45, 2.75) is 45.6 Å². The topological polar surface area (TPSA) is 58.2 Å². The number of rotatable bonds is 5. The maximum atomic E-state index is 12.0. The van der Waals surface area contributed by atoms with E-state index < -0.39 is 0 Å². The van der Waals surface area contributed by atoms with Crippen LogP contribution in [0.15, 0.2) is 16.8 Å². The van der Waals surface area contributed by atoms with Crippen LogP contribution in [0.1, 0.15) is 49.9 Å². The van der Waals surface area contributed by atoms with Crippen LogP contribution in [0.2, 0.25) is 0 Å². The Balaban J connectivity index is 1.69. The van der Waals surface area contributed by atoms with Gasteiger partial charge in [-0.2, -0.15) is 11.3 Å². The summed E-state index contributed by atoms with van der Waals surface area (Å²) in [4.78, 5) is 23.7. The molecule has 1 aromatic rings. The molecule has 0 aromatic carbocycles. The molecule has 116 valence electrons. The molecule has 2 N–H and O–H groups in total. The van der Waals surface area contributed by atoms with Crippen LogP contribution in [0.3, 0.4) is 0 Å². The number of amides is 2. The monoisotopic (exact) mass is 308 g/mol. The number of thiophene rings is 1. The molecule has 2 rings (SSSR count). The third kappa shape index (κ3) is 4.56. The van der Waals surface area contributed by atoms with Gasteiger partial charge in [-0.3, -0.25) is 9.59 Å². The zero-order valence-corrected chi connectivity index (χ0v) is 13.5. The summed E-state index contributed by atoms with van der Waals surface area (Å²) in [5.74, 6) is 1.13. The van der Waals surface area contributed by atoms with E-state index in [-0.39, 0.29) is 17.9 Å². The molecule has 1 heterocycles. The van der Waals surface area contributed by atoms with Gasteiger partial charge in [-0.05, 0) is 29.7 Å². The Kier molecular flexibility index (Phi) is 5.79. The number of hydrogen-bond donors (Lipinski definition) is 2. The molecule has 0 radical (unpaired) electrons. The molecule has 0 aliphatic heterocycles. The highest BCUT2D eigenvalue weighted by molar-refractivity contribution is 7.08. The van der Waals surface area contributed by atoms with Crippen molar-refractivity contribution in [2.24, 2.45) is 11.8 Å². The Labute approximate surface area is 130 Å². The standard InChI is InChI=1S/C16H24N2O2S/c1-11-4-3-5-14(12(11)2)18-15(19)6-8-17-16(20)13-7-9-21-10-13/h7,9-12,14H,3-6,8H2,1-2H3,(H,17,20)(H,18,19)/t11-,12+,14+/m1/s1. The van der Waals surface area contributed by atoms with E-state index in [9.17, 15) is 9.59 Å². The van der Waals surface area contributed by atoms with Crippen LogP contribution in [0.5, 0.6) is 0 Å². The molecule has 3 atom stereocenters. The largest absolute Gasteiger partial charge is 0.353 e. The maximum absolute atomic E-state index is 12.0. The minimum Gasteiger partial charge on any atom is -0.353 e. The van der Waals surface area contributed by atoms with Gasteiger partial charge in [0.25, 0.3) is 5.91 Å². The first-order valence-electron chi connectivity index (χ1n) is 7.67. The summed E-state index contributed by atoms with van der Waals surface area (Å²) in [6.07, 6.45) is 3.85. The second-order valence-electron chi connectivity index (χ2n) is 5.96. The predicted molar refractivity (Wildman–Crippen MR) is 85.4 cm³/mol. The highest BCUT2D eigenvalue weighted by atomic mass is 32.1. The van der Waals surface area contributed by atoms with Crippen molar-refractivity contribution in [3.8, 4) is 0 Å². The van der Waals surface area contributed by atoms with Crippen LogP contribution in [0.4, 0.5) is 0 Å². The van der Waals surface area contributed by atoms with Gasteiger partial charge in [-0.1, -0.05) is 26.7 Å². The van der Waals surface area contributed by atoms with E-state index in [1.54, 1.807) is 11.4 Å². The first-order valence-corrected chi connectivity index (χ1v) is 8.62. The molecule has 0 bridgehead atoms. The highest BCUT2D eigenvalue weighted by Crippen LogP contribution is 2.29. The molecule has 1 fully saturated rings. The van der Waals surface area contributed by atoms with Crippen molar-refractivity contribution < 1.29 is 9.59 Å². The third-order valence-corrected chi connectivity index (χ3v) is 5.16. The normalized spacial score (nSPS) is 25.3. The fraction of sp³-hybridized carbons (Fsp3) is 0.625. The van der Waals surface area contributed by atoms with Crippen molar-refractivity contribution in [3.63, 3.8) is 0 Å². The summed E-state index contributed by atoms with van der Waals surface area (Å²) < 4.78 is 0. The van der Waals surface area contributed by atoms with E-state index in [2.05, 4.69) is 24.5 Å². The van der Waals surface area contributed by atoms with Crippen LogP contribution in [-0.2, 0) is 4.79 Å². The van der Waals surface area contributed by atoms with Gasteiger partial charge in [0, 0.05) is 30.0 Å². The van der Waals surface area contributed by atoms with Crippen LogP contribution in [0.25, 0.3) is 0 Å². The second-order valence-corrected chi connectivity index (χ2v) is 6.74. The zero-order valence-electron chi connectivity index (χ0n) is 12.7. The first-order chi connectivity index (χ1) is 10.1. The number of carbonyl (C=O) groups excluding carboxylic acids is 2. The summed E-state index contributed by atoms with van der Waals surface area (Å²) in [6, 6.07) is 2.07. The minimum absolute atomic E-state index is 0.0339. The minimum atomic E-state index is -0.108. The Morgan fingerprint density at radius 1 is 1.33 bits per heavy atom. The predicted octanol–water partition coefficient (Wildman–Crippen LogP) is 2.81. The van der Waals surface area contributed by atoms with E-state index in [0.717, 1.165) is 6.42 Å². The molecule has 5 heteroatoms. The molecular formula is C16H24N2O2S. The fourth-order valence-corrected chi connectivity index (χ4v) is 3.49. The van der Waals surface area contributed by atoms with Gasteiger partial charge in [0.05, 0.1) is 0 Å². The molecule has 0 unspecified atom stereocenters. The molecule has 1 saturated carbocycles. The summed E-state index contributed by atoms with van der Waals surface area (Å²) in [6.45, 7) is 4.86. The molecular weight excluding hydrogens is 284 g/mol. The second kappa shape index (κ2) is 7.59. The molecule has 0 saturated heterocycles. The van der Waals surface area contributed by atoms with Gasteiger partial charge in [0.1, 0.15) is 0 Å². The van der Waals surface area contributed by atoms with E-state index in [1.807, 2.05) is 5.38 Å². The van der Waals surface area contributed by atoms with Crippen LogP contribution < -0.4 is 10.6 Å². The summed E-state index contributed by atoms with van der Waals surface area (Å²) in [7, 11) is 0. The average molecular weight is 308 g/mol. The Bertz CT molecular complexity index is 473. The van der Waals surface area contributed by atoms with Gasteiger partial charge >= 0.3 is 0 Å². The third-order valence-electron chi connectivity index (χ3n) is 4.47. The van der Waals surface area contributed by atoms with Crippen molar-refractivity contribution in [2.75, 3.05) is 6.54 Å². The lowest BCUT2D eigenvalue weighted by atomic mass is 9.78. The SMILES string of the molecule is C[C@H]1[C@H](C)CCC[C@@H]1NC(=O)CCNC(=O)c1ccsc1. The van der Waals surface area contributed by atoms with E-state index in [0.29, 0.717) is 30.4 Å². The summed E-state index contributed by atoms with van der Waals surface area (Å²) in [5, 5.41) is 9.57. The van der Waals surface area contributed by atoms with Crippen LogP contribution in [-0.4, -0.2) is 24.4 Å². The Hall–Kier alpha value is -1.36. The molecule has 0 spiro atoms. The molecule has 1 aliphatic rings. The number of carbonyl (C=O) groups is 2. The Morgan fingerprint density at radius 2 is 2.14 bits per heavy atom. The number of hydrogen-bond acceptors (Lipinski definition) is 3. The fourth-order valence-electron chi connectivity index (χ4n) is 2.85. The molecule has 4 nitrogen and oxygen atoms in total. The molecule has 1 aliphatic carbocycles. The molecule has 2 amide bonds. The maximum Gasteiger partial charge on any atom is 0.252 e. The smallest absolute Gasteiger partial charge is 0.252 e. The van der Waals surface area contributed by atoms with Gasteiger partial charge in [0.2, 0.25) is 5.91 Å². The van der Waals surface area contributed by atoms with Gasteiger partial charge in [-0.15, -0.1) is 0 Å². The Morgan fingerprint density at radius 3 is 2.86 bits per heavy atom. The lowest BCUT2D eigenvalue weighted by Gasteiger charge is -2.34. The van der Waals surface area contributed by atoms with Crippen molar-refractivity contribution in [1.29, 1.82) is 0 Å². The summed E-state index contributed by atoms with van der Waals surface area (Å²) >= 11 is 1.49. The molecule has 1 aromatic heterocycles. The van der Waals surface area contributed by atoms with Crippen LogP contribution in [0, 0.1) is 11.8 Å². The van der Waals surface area contributed by atoms with Crippen molar-refractivity contribution >= 4 is 23.2 Å². The quantitative estimate of drug-likeness (QED) is 0.879. The zero-order chi connectivity index (χ0) is 15.2. The highest BCUT2D eigenvalue weighted by Gasteiger charge is 2.27. The van der Waals surface area contributed by atoms with E-state index in [4.69, 9.17) is 0 Å². The number of nitrogens with one attached hydrogen (secondary N) is 2. The lowest BCUT2D eigenvalue weighted by Crippen LogP contribution is -2.44. The van der Waals surface area contributed by atoms with Crippen LogP contribution >= 0.6 is 11.3 Å². The summed E-state index contributed by atoms with van der Waals surface area (Å²) in [5.41, 5.74) is 0.662. The molecule has 21 heavy (non-hydrogen) atoms. The van der Waals surface area contributed by atoms with Gasteiger partial charge in [-0.25, -0.2) is 0 Å². The van der Waals surface area contributed by atoms with Crippen molar-refractivity contribution in [3.05, 3.63) is 22.4 Å². The van der Waals surface area contributed by atoms with E-state index in [1.165, 1.54) is 24.2 Å².